The van der Waals surface area contributed by atoms with E-state index in [4.69, 9.17) is 4.74 Å². The van der Waals surface area contributed by atoms with E-state index in [1.165, 1.54) is 13.2 Å². The number of hydrogen-bond acceptors (Lipinski definition) is 2. The van der Waals surface area contributed by atoms with E-state index in [1.54, 1.807) is 25.1 Å². The quantitative estimate of drug-likeness (QED) is 0.866. The molecular formula is C19H23FN2O2. The van der Waals surface area contributed by atoms with Gasteiger partial charge in [0.15, 0.2) is 0 Å². The first kappa shape index (κ1) is 17.9. The number of ether oxygens (including phenoxy) is 1. The number of amides is 2. The Morgan fingerprint density at radius 2 is 1.79 bits per heavy atom. The Labute approximate surface area is 142 Å². The van der Waals surface area contributed by atoms with Crippen LogP contribution in [0.25, 0.3) is 0 Å². The smallest absolute Gasteiger partial charge is 0.319 e. The zero-order valence-electron chi connectivity index (χ0n) is 14.4. The fourth-order valence-electron chi connectivity index (χ4n) is 2.64. The predicted octanol–water partition coefficient (Wildman–Crippen LogP) is 4.13. The molecule has 0 radical (unpaired) electrons. The van der Waals surface area contributed by atoms with Crippen molar-refractivity contribution in [1.82, 2.24) is 5.32 Å². The summed E-state index contributed by atoms with van der Waals surface area (Å²) in [5, 5.41) is 5.53. The van der Waals surface area contributed by atoms with Crippen LogP contribution in [0.2, 0.25) is 0 Å². The molecule has 128 valence electrons. The Morgan fingerprint density at radius 3 is 2.38 bits per heavy atom. The minimum absolute atomic E-state index is 0.140. The summed E-state index contributed by atoms with van der Waals surface area (Å²) in [6, 6.07) is 11.8. The van der Waals surface area contributed by atoms with Gasteiger partial charge in [0.1, 0.15) is 11.4 Å². The molecule has 4 nitrogen and oxygen atoms in total. The van der Waals surface area contributed by atoms with Gasteiger partial charge in [-0.15, -0.1) is 0 Å². The number of methoxy groups -OCH3 is 1. The van der Waals surface area contributed by atoms with Crippen molar-refractivity contribution in [2.24, 2.45) is 0 Å². The van der Waals surface area contributed by atoms with Gasteiger partial charge in [0.25, 0.3) is 0 Å². The molecule has 0 aliphatic carbocycles. The fourth-order valence-corrected chi connectivity index (χ4v) is 2.64. The number of nitrogens with one attached hydrogen (secondary N) is 2. The van der Waals surface area contributed by atoms with Crippen molar-refractivity contribution in [2.75, 3.05) is 19.0 Å². The van der Waals surface area contributed by atoms with Gasteiger partial charge in [-0.05, 0) is 50.1 Å². The number of hydrogen-bond donors (Lipinski definition) is 2. The summed E-state index contributed by atoms with van der Waals surface area (Å²) in [5.74, 6) is -0.363. The van der Waals surface area contributed by atoms with Crippen molar-refractivity contribution < 1.29 is 13.9 Å². The maximum Gasteiger partial charge on any atom is 0.319 e. The Morgan fingerprint density at radius 1 is 1.17 bits per heavy atom. The SMILES string of the molecule is COC(C)(CNC(=O)Nc1cc(C)cc(C)c1)c1ccccc1F. The molecule has 2 N–H and O–H groups in total. The predicted molar refractivity (Wildman–Crippen MR) is 93.7 cm³/mol. The molecule has 1 atom stereocenters. The third kappa shape index (κ3) is 4.32. The van der Waals surface area contributed by atoms with Gasteiger partial charge in [-0.3, -0.25) is 0 Å². The van der Waals surface area contributed by atoms with Crippen LogP contribution < -0.4 is 10.6 Å². The van der Waals surface area contributed by atoms with Gasteiger partial charge in [-0.1, -0.05) is 24.3 Å². The van der Waals surface area contributed by atoms with Gasteiger partial charge >= 0.3 is 6.03 Å². The standard InChI is InChI=1S/C19H23FN2O2/c1-13-9-14(2)11-15(10-13)22-18(23)21-12-19(3,24-4)16-7-5-6-8-17(16)20/h5-11H,12H2,1-4H3,(H2,21,22,23). The number of halogens is 1. The molecule has 0 aromatic heterocycles. The zero-order chi connectivity index (χ0) is 17.7. The van der Waals surface area contributed by atoms with Gasteiger partial charge in [-0.2, -0.15) is 0 Å². The van der Waals surface area contributed by atoms with Crippen LogP contribution >= 0.6 is 0 Å². The third-order valence-corrected chi connectivity index (χ3v) is 3.96. The van der Waals surface area contributed by atoms with Crippen molar-refractivity contribution in [2.45, 2.75) is 26.4 Å². The van der Waals surface area contributed by atoms with Gasteiger partial charge in [-0.25, -0.2) is 9.18 Å². The number of urea groups is 1. The number of carbonyl (C=O) groups is 1. The van der Waals surface area contributed by atoms with Crippen molar-refractivity contribution >= 4 is 11.7 Å². The first-order valence-electron chi connectivity index (χ1n) is 7.77. The number of benzene rings is 2. The molecule has 24 heavy (non-hydrogen) atoms. The van der Waals surface area contributed by atoms with E-state index in [2.05, 4.69) is 10.6 Å². The normalized spacial score (nSPS) is 13.2. The highest BCUT2D eigenvalue weighted by Crippen LogP contribution is 2.26. The third-order valence-electron chi connectivity index (χ3n) is 3.96. The summed E-state index contributed by atoms with van der Waals surface area (Å²) < 4.78 is 19.5. The van der Waals surface area contributed by atoms with Crippen molar-refractivity contribution in [3.63, 3.8) is 0 Å². The fraction of sp³-hybridized carbons (Fsp3) is 0.316. The Kier molecular flexibility index (Phi) is 5.57. The van der Waals surface area contributed by atoms with Crippen molar-refractivity contribution in [3.8, 4) is 0 Å². The molecule has 2 rings (SSSR count). The molecular weight excluding hydrogens is 307 g/mol. The minimum Gasteiger partial charge on any atom is -0.372 e. The molecule has 0 aliphatic rings. The van der Waals surface area contributed by atoms with Crippen molar-refractivity contribution in [3.05, 3.63) is 65.0 Å². The lowest BCUT2D eigenvalue weighted by atomic mass is 9.95. The van der Waals surface area contributed by atoms with Crippen LogP contribution in [0.5, 0.6) is 0 Å². The highest BCUT2D eigenvalue weighted by molar-refractivity contribution is 5.89. The molecule has 1 unspecified atom stereocenters. The Bertz CT molecular complexity index is 713. The average Bonchev–Trinajstić information content (AvgIpc) is 2.52. The van der Waals surface area contributed by atoms with E-state index >= 15 is 0 Å². The van der Waals surface area contributed by atoms with Crippen LogP contribution in [-0.4, -0.2) is 19.7 Å². The van der Waals surface area contributed by atoms with E-state index in [1.807, 2.05) is 32.0 Å². The van der Waals surface area contributed by atoms with E-state index in [0.717, 1.165) is 16.8 Å². The van der Waals surface area contributed by atoms with Crippen LogP contribution in [0.4, 0.5) is 14.9 Å². The van der Waals surface area contributed by atoms with Gasteiger partial charge in [0.05, 0.1) is 6.54 Å². The van der Waals surface area contributed by atoms with E-state index in [0.29, 0.717) is 5.56 Å². The number of rotatable bonds is 5. The summed E-state index contributed by atoms with van der Waals surface area (Å²) in [5.41, 5.74) is 2.30. The van der Waals surface area contributed by atoms with E-state index in [9.17, 15) is 9.18 Å². The molecule has 0 saturated heterocycles. The lowest BCUT2D eigenvalue weighted by molar-refractivity contribution is 0.00235. The molecule has 0 heterocycles. The number of anilines is 1. The highest BCUT2D eigenvalue weighted by atomic mass is 19.1. The average molecular weight is 330 g/mol. The summed E-state index contributed by atoms with van der Waals surface area (Å²) in [4.78, 5) is 12.1. The van der Waals surface area contributed by atoms with Crippen molar-refractivity contribution in [1.29, 1.82) is 0 Å². The zero-order valence-corrected chi connectivity index (χ0v) is 14.4. The van der Waals surface area contributed by atoms with Crippen LogP contribution in [0.3, 0.4) is 0 Å². The van der Waals surface area contributed by atoms with Crippen LogP contribution in [-0.2, 0) is 10.3 Å². The van der Waals surface area contributed by atoms with E-state index < -0.39 is 5.60 Å². The molecule has 0 aliphatic heterocycles. The largest absolute Gasteiger partial charge is 0.372 e. The summed E-state index contributed by atoms with van der Waals surface area (Å²) in [6.07, 6.45) is 0. The second-order valence-electron chi connectivity index (χ2n) is 6.10. The highest BCUT2D eigenvalue weighted by Gasteiger charge is 2.29. The first-order valence-corrected chi connectivity index (χ1v) is 7.77. The molecule has 0 bridgehead atoms. The van der Waals surface area contributed by atoms with Gasteiger partial charge < -0.3 is 15.4 Å². The summed E-state index contributed by atoms with van der Waals surface area (Å²) in [7, 11) is 1.50. The summed E-state index contributed by atoms with van der Waals surface area (Å²) >= 11 is 0. The van der Waals surface area contributed by atoms with Crippen LogP contribution in [0.15, 0.2) is 42.5 Å². The Hall–Kier alpha value is -2.40. The second kappa shape index (κ2) is 7.45. The molecule has 2 aromatic rings. The van der Waals surface area contributed by atoms with Crippen LogP contribution in [0, 0.1) is 19.7 Å². The Balaban J connectivity index is 2.05. The monoisotopic (exact) mass is 330 g/mol. The molecule has 5 heteroatoms. The molecule has 2 amide bonds. The number of carbonyl (C=O) groups excluding carboxylic acids is 1. The van der Waals surface area contributed by atoms with E-state index in [-0.39, 0.29) is 18.4 Å². The topological polar surface area (TPSA) is 50.4 Å². The molecule has 0 spiro atoms. The van der Waals surface area contributed by atoms with Gasteiger partial charge in [0, 0.05) is 18.4 Å². The van der Waals surface area contributed by atoms with Gasteiger partial charge in [0.2, 0.25) is 0 Å². The lowest BCUT2D eigenvalue weighted by Crippen LogP contribution is -2.42. The molecule has 2 aromatic carbocycles. The summed E-state index contributed by atoms with van der Waals surface area (Å²) in [6.45, 7) is 5.82. The first-order chi connectivity index (χ1) is 11.3. The molecule has 0 fully saturated rings. The second-order valence-corrected chi connectivity index (χ2v) is 6.10. The minimum atomic E-state index is -0.953. The maximum absolute atomic E-state index is 14.0. The molecule has 0 saturated carbocycles. The number of aryl methyl sites for hydroxylation is 2. The maximum atomic E-state index is 14.0. The lowest BCUT2D eigenvalue weighted by Gasteiger charge is -2.29. The van der Waals surface area contributed by atoms with Crippen LogP contribution in [0.1, 0.15) is 23.6 Å².